The zero-order valence-electron chi connectivity index (χ0n) is 19.6. The summed E-state index contributed by atoms with van der Waals surface area (Å²) in [5, 5.41) is 15.1. The van der Waals surface area contributed by atoms with E-state index in [0.29, 0.717) is 29.0 Å². The Labute approximate surface area is 216 Å². The number of rotatable bonds is 10. The van der Waals surface area contributed by atoms with Gasteiger partial charge in [0.15, 0.2) is 0 Å². The van der Waals surface area contributed by atoms with E-state index in [0.717, 1.165) is 57.3 Å². The van der Waals surface area contributed by atoms with Crippen LogP contribution in [0, 0.1) is 5.92 Å². The standard InChI is InChI=1S/C25H31ClN4O4.ClH/c26-21-5-3-20(4-6-21)23-8-7-22(34-23)17-27-30-18-24(32)29(25(30)33)13-2-1-12-28-14-9-19(10-15-28)11-16-31;/h3-8,17,19,31H,1-2,9-16,18H2;1H. The van der Waals surface area contributed by atoms with Gasteiger partial charge in [0.2, 0.25) is 0 Å². The summed E-state index contributed by atoms with van der Waals surface area (Å²) >= 11 is 5.92. The number of piperidine rings is 1. The van der Waals surface area contributed by atoms with Crippen molar-refractivity contribution >= 4 is 42.2 Å². The lowest BCUT2D eigenvalue weighted by Gasteiger charge is -2.31. The second-order valence-electron chi connectivity index (χ2n) is 8.84. The van der Waals surface area contributed by atoms with Gasteiger partial charge in [-0.15, -0.1) is 12.4 Å². The number of unbranched alkanes of at least 4 members (excludes halogenated alkanes) is 1. The molecule has 2 fully saturated rings. The van der Waals surface area contributed by atoms with Crippen LogP contribution in [-0.2, 0) is 4.79 Å². The normalized spacial score (nSPS) is 17.5. The number of nitrogens with zero attached hydrogens (tertiary/aromatic N) is 4. The lowest BCUT2D eigenvalue weighted by Crippen LogP contribution is -2.35. The quantitative estimate of drug-likeness (QED) is 0.282. The number of imide groups is 1. The number of halogens is 2. The molecule has 3 amide bonds. The maximum atomic E-state index is 12.6. The van der Waals surface area contributed by atoms with Gasteiger partial charge < -0.3 is 14.4 Å². The highest BCUT2D eigenvalue weighted by molar-refractivity contribution is 6.30. The minimum absolute atomic E-state index is 0. The van der Waals surface area contributed by atoms with Crippen LogP contribution in [0.25, 0.3) is 11.3 Å². The first-order valence-electron chi connectivity index (χ1n) is 11.9. The number of urea groups is 1. The predicted octanol–water partition coefficient (Wildman–Crippen LogP) is 4.49. The van der Waals surface area contributed by atoms with Crippen LogP contribution in [0.2, 0.25) is 5.02 Å². The SMILES string of the molecule is Cl.O=C1CN(N=Cc2ccc(-c3ccc(Cl)cc3)o2)C(=O)N1CCCCN1CCC(CCO)CC1. The van der Waals surface area contributed by atoms with Crippen LogP contribution in [0.4, 0.5) is 4.79 Å². The Morgan fingerprint density at radius 2 is 1.77 bits per heavy atom. The highest BCUT2D eigenvalue weighted by Crippen LogP contribution is 2.24. The highest BCUT2D eigenvalue weighted by atomic mass is 35.5. The molecule has 4 rings (SSSR count). The minimum Gasteiger partial charge on any atom is -0.455 e. The molecular formula is C25H32Cl2N4O4. The van der Waals surface area contributed by atoms with Crippen LogP contribution in [0.15, 0.2) is 45.9 Å². The van der Waals surface area contributed by atoms with Gasteiger partial charge in [-0.1, -0.05) is 11.6 Å². The number of carbonyl (C=O) groups excluding carboxylic acids is 2. The van der Waals surface area contributed by atoms with E-state index >= 15 is 0 Å². The molecule has 35 heavy (non-hydrogen) atoms. The summed E-state index contributed by atoms with van der Waals surface area (Å²) in [5.74, 6) is 1.57. The number of hydrogen-bond donors (Lipinski definition) is 1. The third kappa shape index (κ3) is 7.30. The maximum Gasteiger partial charge on any atom is 0.347 e. The van der Waals surface area contributed by atoms with Gasteiger partial charge in [-0.2, -0.15) is 5.10 Å². The third-order valence-corrected chi connectivity index (χ3v) is 6.72. The van der Waals surface area contributed by atoms with Gasteiger partial charge in [0.25, 0.3) is 5.91 Å². The van der Waals surface area contributed by atoms with E-state index in [2.05, 4.69) is 10.0 Å². The van der Waals surface area contributed by atoms with Crippen molar-refractivity contribution in [3.8, 4) is 11.3 Å². The molecule has 0 unspecified atom stereocenters. The summed E-state index contributed by atoms with van der Waals surface area (Å²) in [4.78, 5) is 28.7. The molecule has 3 heterocycles. The molecule has 0 aliphatic carbocycles. The molecule has 190 valence electrons. The molecule has 2 saturated heterocycles. The topological polar surface area (TPSA) is 89.6 Å². The van der Waals surface area contributed by atoms with Gasteiger partial charge in [-0.3, -0.25) is 9.69 Å². The first-order valence-corrected chi connectivity index (χ1v) is 12.3. The lowest BCUT2D eigenvalue weighted by molar-refractivity contribution is -0.125. The number of hydrogen-bond acceptors (Lipinski definition) is 6. The number of aliphatic hydroxyl groups is 1. The Kier molecular flexibility index (Phi) is 10.2. The van der Waals surface area contributed by atoms with Gasteiger partial charge in [-0.25, -0.2) is 9.80 Å². The van der Waals surface area contributed by atoms with Crippen LogP contribution in [0.5, 0.6) is 0 Å². The third-order valence-electron chi connectivity index (χ3n) is 6.47. The maximum absolute atomic E-state index is 12.6. The fraction of sp³-hybridized carbons (Fsp3) is 0.480. The van der Waals surface area contributed by atoms with Crippen molar-refractivity contribution in [1.82, 2.24) is 14.8 Å². The van der Waals surface area contributed by atoms with Crippen LogP contribution >= 0.6 is 24.0 Å². The molecule has 0 radical (unpaired) electrons. The van der Waals surface area contributed by atoms with Crippen molar-refractivity contribution in [2.75, 3.05) is 39.3 Å². The molecule has 0 bridgehead atoms. The Morgan fingerprint density at radius 3 is 2.49 bits per heavy atom. The number of furan rings is 1. The first-order chi connectivity index (χ1) is 16.5. The van der Waals surface area contributed by atoms with E-state index in [-0.39, 0.29) is 31.5 Å². The molecule has 2 aliphatic rings. The predicted molar refractivity (Wildman–Crippen MR) is 138 cm³/mol. The Balaban J connectivity index is 0.00000342. The molecule has 2 aromatic rings. The Morgan fingerprint density at radius 1 is 1.06 bits per heavy atom. The molecule has 0 saturated carbocycles. The fourth-order valence-corrected chi connectivity index (χ4v) is 4.57. The molecule has 0 atom stereocenters. The zero-order chi connectivity index (χ0) is 23.9. The molecule has 8 nitrogen and oxygen atoms in total. The van der Waals surface area contributed by atoms with Crippen molar-refractivity contribution in [3.05, 3.63) is 47.2 Å². The Hall–Kier alpha value is -2.39. The number of benzene rings is 1. The van der Waals surface area contributed by atoms with Crippen LogP contribution < -0.4 is 0 Å². The number of hydrazone groups is 1. The molecule has 0 spiro atoms. The van der Waals surface area contributed by atoms with E-state index in [1.807, 2.05) is 18.2 Å². The second kappa shape index (κ2) is 13.1. The average Bonchev–Trinajstić information content (AvgIpc) is 3.42. The van der Waals surface area contributed by atoms with Crippen molar-refractivity contribution in [2.24, 2.45) is 11.0 Å². The molecular weight excluding hydrogens is 491 g/mol. The van der Waals surface area contributed by atoms with E-state index in [4.69, 9.17) is 21.1 Å². The van der Waals surface area contributed by atoms with Gasteiger partial charge in [-0.05, 0) is 94.1 Å². The lowest BCUT2D eigenvalue weighted by atomic mass is 9.94. The van der Waals surface area contributed by atoms with Crippen molar-refractivity contribution < 1.29 is 19.1 Å². The summed E-state index contributed by atoms with van der Waals surface area (Å²) in [7, 11) is 0. The van der Waals surface area contributed by atoms with E-state index in [1.165, 1.54) is 16.1 Å². The summed E-state index contributed by atoms with van der Waals surface area (Å²) in [6, 6.07) is 10.5. The van der Waals surface area contributed by atoms with Crippen molar-refractivity contribution in [3.63, 3.8) is 0 Å². The first kappa shape index (κ1) is 27.2. The zero-order valence-corrected chi connectivity index (χ0v) is 21.2. The summed E-state index contributed by atoms with van der Waals surface area (Å²) in [6.45, 7) is 3.71. The number of carbonyl (C=O) groups is 2. The van der Waals surface area contributed by atoms with Gasteiger partial charge in [0.1, 0.15) is 18.1 Å². The van der Waals surface area contributed by atoms with E-state index < -0.39 is 6.03 Å². The van der Waals surface area contributed by atoms with Gasteiger partial charge >= 0.3 is 6.03 Å². The molecule has 10 heteroatoms. The van der Waals surface area contributed by atoms with Gasteiger partial charge in [0, 0.05) is 23.7 Å². The Bertz CT molecular complexity index is 1000. The van der Waals surface area contributed by atoms with E-state index in [1.54, 1.807) is 18.2 Å². The molecule has 1 aromatic heterocycles. The van der Waals surface area contributed by atoms with Crippen molar-refractivity contribution in [2.45, 2.75) is 32.1 Å². The smallest absolute Gasteiger partial charge is 0.347 e. The van der Waals surface area contributed by atoms with Crippen LogP contribution in [0.1, 0.15) is 37.9 Å². The largest absolute Gasteiger partial charge is 0.455 e. The van der Waals surface area contributed by atoms with Crippen LogP contribution in [-0.4, -0.2) is 77.4 Å². The fourth-order valence-electron chi connectivity index (χ4n) is 4.44. The molecule has 2 aliphatic heterocycles. The number of amides is 3. The van der Waals surface area contributed by atoms with Crippen molar-refractivity contribution in [1.29, 1.82) is 0 Å². The summed E-state index contributed by atoms with van der Waals surface area (Å²) in [5.41, 5.74) is 0.886. The number of likely N-dealkylation sites (tertiary alicyclic amines) is 1. The molecule has 1 aromatic carbocycles. The monoisotopic (exact) mass is 522 g/mol. The van der Waals surface area contributed by atoms with Gasteiger partial charge in [0.05, 0.1) is 6.21 Å². The van der Waals surface area contributed by atoms with Crippen LogP contribution in [0.3, 0.4) is 0 Å². The minimum atomic E-state index is -0.393. The second-order valence-corrected chi connectivity index (χ2v) is 9.28. The summed E-state index contributed by atoms with van der Waals surface area (Å²) < 4.78 is 5.77. The van der Waals surface area contributed by atoms with E-state index in [9.17, 15) is 9.59 Å². The average molecular weight is 523 g/mol. The molecule has 1 N–H and O–H groups in total. The number of aliphatic hydroxyl groups excluding tert-OH is 1. The highest BCUT2D eigenvalue weighted by Gasteiger charge is 2.35. The summed E-state index contributed by atoms with van der Waals surface area (Å²) in [6.07, 6.45) is 6.32.